The van der Waals surface area contributed by atoms with Crippen molar-refractivity contribution in [3.63, 3.8) is 0 Å². The first-order valence-electron chi connectivity index (χ1n) is 7.57. The van der Waals surface area contributed by atoms with Crippen molar-refractivity contribution in [1.29, 1.82) is 0 Å². The molecule has 2 heterocycles. The number of para-hydroxylation sites is 1. The van der Waals surface area contributed by atoms with Crippen LogP contribution in [0.2, 0.25) is 0 Å². The lowest BCUT2D eigenvalue weighted by Gasteiger charge is -2.09. The fourth-order valence-electron chi connectivity index (χ4n) is 2.58. The molecule has 4 nitrogen and oxygen atoms in total. The van der Waals surface area contributed by atoms with E-state index in [-0.39, 0.29) is 11.7 Å². The van der Waals surface area contributed by atoms with Crippen LogP contribution in [0.25, 0.3) is 22.2 Å². The maximum absolute atomic E-state index is 13.2. The van der Waals surface area contributed by atoms with E-state index < -0.39 is 0 Å². The molecule has 4 aromatic rings. The number of carbonyl (C=O) groups is 1. The number of thiazole rings is 1. The molecule has 2 aromatic carbocycles. The van der Waals surface area contributed by atoms with Crippen LogP contribution >= 0.6 is 11.3 Å². The van der Waals surface area contributed by atoms with Crippen LogP contribution in [0.4, 0.5) is 9.52 Å². The lowest BCUT2D eigenvalue weighted by Crippen LogP contribution is -2.12. The molecular formula is C19H12FN3OS. The van der Waals surface area contributed by atoms with Gasteiger partial charge in [-0.1, -0.05) is 18.2 Å². The normalized spacial score (nSPS) is 10.8. The highest BCUT2D eigenvalue weighted by molar-refractivity contribution is 7.13. The number of amides is 1. The molecule has 0 atom stereocenters. The molecule has 0 aliphatic heterocycles. The number of anilines is 1. The number of pyridine rings is 1. The zero-order chi connectivity index (χ0) is 17.2. The summed E-state index contributed by atoms with van der Waals surface area (Å²) in [7, 11) is 0. The van der Waals surface area contributed by atoms with Crippen molar-refractivity contribution >= 4 is 33.3 Å². The highest BCUT2D eigenvalue weighted by Gasteiger charge is 2.15. The molecule has 6 heteroatoms. The van der Waals surface area contributed by atoms with E-state index in [0.29, 0.717) is 21.9 Å². The summed E-state index contributed by atoms with van der Waals surface area (Å²) in [6, 6.07) is 15.2. The average Bonchev–Trinajstić information content (AvgIpc) is 3.14. The largest absolute Gasteiger partial charge is 0.298 e. The van der Waals surface area contributed by atoms with Crippen molar-refractivity contribution in [3.8, 4) is 11.3 Å². The fourth-order valence-corrected chi connectivity index (χ4v) is 3.11. The Kier molecular flexibility index (Phi) is 3.95. The van der Waals surface area contributed by atoms with Crippen molar-refractivity contribution in [2.24, 2.45) is 0 Å². The summed E-state index contributed by atoms with van der Waals surface area (Å²) in [5.74, 6) is -0.566. The number of fused-ring (bicyclic) bond motifs is 1. The predicted octanol–water partition coefficient (Wildman–Crippen LogP) is 4.75. The van der Waals surface area contributed by atoms with E-state index in [2.05, 4.69) is 15.3 Å². The highest BCUT2D eigenvalue weighted by Crippen LogP contribution is 2.26. The number of rotatable bonds is 3. The maximum atomic E-state index is 13.2. The highest BCUT2D eigenvalue weighted by atomic mass is 32.1. The second-order valence-electron chi connectivity index (χ2n) is 5.37. The molecular weight excluding hydrogens is 337 g/mol. The fraction of sp³-hybridized carbons (Fsp3) is 0. The van der Waals surface area contributed by atoms with Crippen molar-refractivity contribution in [1.82, 2.24) is 9.97 Å². The molecule has 4 rings (SSSR count). The molecule has 1 amide bonds. The monoisotopic (exact) mass is 349 g/mol. The van der Waals surface area contributed by atoms with Crippen LogP contribution in [-0.2, 0) is 0 Å². The Morgan fingerprint density at radius 1 is 1.08 bits per heavy atom. The number of nitrogens with one attached hydrogen (secondary N) is 1. The lowest BCUT2D eigenvalue weighted by atomic mass is 10.0. The second kappa shape index (κ2) is 6.41. The van der Waals surface area contributed by atoms with E-state index >= 15 is 0 Å². The number of benzene rings is 2. The van der Waals surface area contributed by atoms with Crippen LogP contribution in [-0.4, -0.2) is 15.9 Å². The third-order valence-electron chi connectivity index (χ3n) is 3.75. The second-order valence-corrected chi connectivity index (χ2v) is 6.27. The van der Waals surface area contributed by atoms with E-state index in [1.807, 2.05) is 24.3 Å². The van der Waals surface area contributed by atoms with Gasteiger partial charge in [0.2, 0.25) is 0 Å². The minimum absolute atomic E-state index is 0.253. The van der Waals surface area contributed by atoms with Gasteiger partial charge < -0.3 is 0 Å². The van der Waals surface area contributed by atoms with Crippen molar-refractivity contribution < 1.29 is 9.18 Å². The molecule has 0 spiro atoms. The molecule has 0 aliphatic rings. The van der Waals surface area contributed by atoms with Crippen LogP contribution in [0.3, 0.4) is 0 Å². The Labute approximate surface area is 147 Å². The van der Waals surface area contributed by atoms with Crippen molar-refractivity contribution in [2.75, 3.05) is 5.32 Å². The van der Waals surface area contributed by atoms with Crippen LogP contribution in [0.5, 0.6) is 0 Å². The third kappa shape index (κ3) is 3.12. The molecule has 25 heavy (non-hydrogen) atoms. The van der Waals surface area contributed by atoms with Gasteiger partial charge in [0, 0.05) is 22.5 Å². The van der Waals surface area contributed by atoms with Crippen LogP contribution in [0.15, 0.2) is 66.2 Å². The lowest BCUT2D eigenvalue weighted by molar-refractivity contribution is 0.102. The SMILES string of the molecule is O=C(Nc1nccs1)c1cc(-c2ccc(F)cc2)nc2ccccc12. The Bertz CT molecular complexity index is 1050. The topological polar surface area (TPSA) is 54.9 Å². The standard InChI is InChI=1S/C19H12FN3OS/c20-13-7-5-12(6-8-13)17-11-15(14-3-1-2-4-16(14)22-17)18(24)23-19-21-9-10-25-19/h1-11H,(H,21,23,24). The first kappa shape index (κ1) is 15.4. The molecule has 0 unspecified atom stereocenters. The molecule has 0 aliphatic carbocycles. The van der Waals surface area contributed by atoms with Gasteiger partial charge in [0.05, 0.1) is 16.8 Å². The molecule has 2 aromatic heterocycles. The van der Waals surface area contributed by atoms with Crippen molar-refractivity contribution in [2.45, 2.75) is 0 Å². The van der Waals surface area contributed by atoms with Crippen LogP contribution in [0, 0.1) is 5.82 Å². The minimum Gasteiger partial charge on any atom is -0.298 e. The van der Waals surface area contributed by atoms with Gasteiger partial charge in [-0.05, 0) is 36.4 Å². The van der Waals surface area contributed by atoms with E-state index in [1.54, 1.807) is 29.8 Å². The van der Waals surface area contributed by atoms with E-state index in [4.69, 9.17) is 0 Å². The van der Waals surface area contributed by atoms with Crippen LogP contribution in [0.1, 0.15) is 10.4 Å². The number of aromatic nitrogens is 2. The predicted molar refractivity (Wildman–Crippen MR) is 97.2 cm³/mol. The number of hydrogen-bond donors (Lipinski definition) is 1. The van der Waals surface area contributed by atoms with E-state index in [9.17, 15) is 9.18 Å². The van der Waals surface area contributed by atoms with E-state index in [1.165, 1.54) is 23.5 Å². The Morgan fingerprint density at radius 2 is 1.88 bits per heavy atom. The van der Waals surface area contributed by atoms with Gasteiger partial charge in [0.15, 0.2) is 5.13 Å². The number of hydrogen-bond acceptors (Lipinski definition) is 4. The molecule has 0 fully saturated rings. The average molecular weight is 349 g/mol. The number of halogens is 1. The molecule has 0 saturated heterocycles. The summed E-state index contributed by atoms with van der Waals surface area (Å²) in [5, 5.41) is 5.88. The van der Waals surface area contributed by atoms with Gasteiger partial charge in [0.1, 0.15) is 5.82 Å². The first-order chi connectivity index (χ1) is 12.2. The zero-order valence-electron chi connectivity index (χ0n) is 12.9. The summed E-state index contributed by atoms with van der Waals surface area (Å²) in [6.45, 7) is 0. The van der Waals surface area contributed by atoms with Gasteiger partial charge in [-0.15, -0.1) is 11.3 Å². The van der Waals surface area contributed by atoms with Gasteiger partial charge in [-0.25, -0.2) is 14.4 Å². The third-order valence-corrected chi connectivity index (χ3v) is 4.44. The van der Waals surface area contributed by atoms with E-state index in [0.717, 1.165) is 10.9 Å². The van der Waals surface area contributed by atoms with Gasteiger partial charge in [0.25, 0.3) is 5.91 Å². The molecule has 0 saturated carbocycles. The zero-order valence-corrected chi connectivity index (χ0v) is 13.8. The maximum Gasteiger partial charge on any atom is 0.258 e. The number of carbonyl (C=O) groups excluding carboxylic acids is 1. The Hall–Kier alpha value is -3.12. The van der Waals surface area contributed by atoms with Gasteiger partial charge in [-0.3, -0.25) is 10.1 Å². The number of nitrogens with zero attached hydrogens (tertiary/aromatic N) is 2. The summed E-state index contributed by atoms with van der Waals surface area (Å²) in [4.78, 5) is 21.4. The Balaban J connectivity index is 1.84. The van der Waals surface area contributed by atoms with Crippen LogP contribution < -0.4 is 5.32 Å². The minimum atomic E-state index is -0.314. The Morgan fingerprint density at radius 3 is 2.64 bits per heavy atom. The summed E-state index contributed by atoms with van der Waals surface area (Å²) in [5.41, 5.74) is 2.56. The first-order valence-corrected chi connectivity index (χ1v) is 8.45. The smallest absolute Gasteiger partial charge is 0.258 e. The molecule has 122 valence electrons. The summed E-state index contributed by atoms with van der Waals surface area (Å²) >= 11 is 1.35. The van der Waals surface area contributed by atoms with Gasteiger partial charge in [-0.2, -0.15) is 0 Å². The summed E-state index contributed by atoms with van der Waals surface area (Å²) in [6.07, 6.45) is 1.63. The quantitative estimate of drug-likeness (QED) is 0.581. The van der Waals surface area contributed by atoms with Gasteiger partial charge >= 0.3 is 0 Å². The molecule has 1 N–H and O–H groups in total. The van der Waals surface area contributed by atoms with Crippen molar-refractivity contribution in [3.05, 3.63) is 77.6 Å². The molecule has 0 radical (unpaired) electrons. The molecule has 0 bridgehead atoms. The summed E-state index contributed by atoms with van der Waals surface area (Å²) < 4.78 is 13.2.